The van der Waals surface area contributed by atoms with Crippen molar-refractivity contribution < 1.29 is 17.9 Å². The highest BCUT2D eigenvalue weighted by Gasteiger charge is 2.23. The molecule has 1 heterocycles. The summed E-state index contributed by atoms with van der Waals surface area (Å²) in [6.45, 7) is 4.87. The van der Waals surface area contributed by atoms with Crippen molar-refractivity contribution in [2.45, 2.75) is 11.8 Å². The maximum absolute atomic E-state index is 13.6. The number of ether oxygens (including phenoxy) is 1. The van der Waals surface area contributed by atoms with E-state index in [1.165, 1.54) is 6.07 Å². The fourth-order valence-corrected chi connectivity index (χ4v) is 5.99. The summed E-state index contributed by atoms with van der Waals surface area (Å²) in [5.74, 6) is 0.490. The van der Waals surface area contributed by atoms with E-state index < -0.39 is 10.0 Å². The molecule has 4 aromatic rings. The number of nitrogens with one attached hydrogen (secondary N) is 2. The van der Waals surface area contributed by atoms with Crippen molar-refractivity contribution in [2.75, 3.05) is 55.3 Å². The van der Waals surface area contributed by atoms with Gasteiger partial charge in [0.05, 0.1) is 22.8 Å². The van der Waals surface area contributed by atoms with Crippen molar-refractivity contribution in [3.05, 3.63) is 90.0 Å². The summed E-state index contributed by atoms with van der Waals surface area (Å²) in [6, 6.07) is 23.0. The predicted molar refractivity (Wildman–Crippen MR) is 157 cm³/mol. The lowest BCUT2D eigenvalue weighted by Gasteiger charge is -2.32. The fraction of sp³-hybridized carbons (Fsp3) is 0.233. The molecule has 39 heavy (non-hydrogen) atoms. The molecule has 0 fully saturated rings. The first-order valence-electron chi connectivity index (χ1n) is 12.8. The Morgan fingerprint density at radius 3 is 2.49 bits per heavy atom. The summed E-state index contributed by atoms with van der Waals surface area (Å²) >= 11 is 0. The lowest BCUT2D eigenvalue weighted by atomic mass is 10.1. The normalized spacial score (nSPS) is 13.2. The number of rotatable bonds is 8. The molecule has 0 atom stereocenters. The Morgan fingerprint density at radius 1 is 0.974 bits per heavy atom. The van der Waals surface area contributed by atoms with E-state index in [1.54, 1.807) is 42.5 Å². The Balaban J connectivity index is 1.44. The molecule has 0 bridgehead atoms. The second-order valence-corrected chi connectivity index (χ2v) is 11.5. The van der Waals surface area contributed by atoms with Gasteiger partial charge in [-0.25, -0.2) is 8.42 Å². The van der Waals surface area contributed by atoms with Crippen LogP contribution in [0, 0.1) is 6.92 Å². The average molecular weight is 545 g/mol. The topological polar surface area (TPSA) is 91.0 Å². The molecule has 202 valence electrons. The van der Waals surface area contributed by atoms with Gasteiger partial charge in [0.2, 0.25) is 0 Å². The van der Waals surface area contributed by atoms with E-state index in [9.17, 15) is 13.2 Å². The maximum Gasteiger partial charge on any atom is 0.262 e. The molecule has 0 radical (unpaired) electrons. The van der Waals surface area contributed by atoms with E-state index >= 15 is 0 Å². The number of amides is 1. The van der Waals surface area contributed by atoms with Crippen molar-refractivity contribution >= 4 is 43.8 Å². The van der Waals surface area contributed by atoms with Crippen LogP contribution in [0.3, 0.4) is 0 Å². The number of anilines is 3. The zero-order valence-corrected chi connectivity index (χ0v) is 23.1. The highest BCUT2D eigenvalue weighted by atomic mass is 32.2. The van der Waals surface area contributed by atoms with Gasteiger partial charge in [0.1, 0.15) is 12.4 Å². The van der Waals surface area contributed by atoms with Gasteiger partial charge in [-0.05, 0) is 63.0 Å². The molecule has 0 aromatic heterocycles. The second-order valence-electron chi connectivity index (χ2n) is 9.85. The van der Waals surface area contributed by atoms with Crippen molar-refractivity contribution in [3.8, 4) is 5.75 Å². The molecule has 0 spiro atoms. The molecule has 2 N–H and O–H groups in total. The molecule has 0 unspecified atom stereocenters. The lowest BCUT2D eigenvalue weighted by molar-refractivity contribution is 0.102. The number of aryl methyl sites for hydroxylation is 1. The Kier molecular flexibility index (Phi) is 7.45. The summed E-state index contributed by atoms with van der Waals surface area (Å²) < 4.78 is 35.8. The average Bonchev–Trinajstić information content (AvgIpc) is 2.92. The van der Waals surface area contributed by atoms with Gasteiger partial charge < -0.3 is 19.9 Å². The van der Waals surface area contributed by atoms with E-state index in [-0.39, 0.29) is 10.8 Å². The highest BCUT2D eigenvalue weighted by Crippen LogP contribution is 2.36. The van der Waals surface area contributed by atoms with Crippen LogP contribution in [0.25, 0.3) is 10.8 Å². The molecular formula is C30H32N4O4S. The van der Waals surface area contributed by atoms with Gasteiger partial charge in [-0.15, -0.1) is 0 Å². The van der Waals surface area contributed by atoms with E-state index in [2.05, 4.69) is 19.8 Å². The van der Waals surface area contributed by atoms with Gasteiger partial charge in [-0.2, -0.15) is 0 Å². The van der Waals surface area contributed by atoms with E-state index in [0.717, 1.165) is 36.6 Å². The molecule has 0 saturated heterocycles. The van der Waals surface area contributed by atoms with Gasteiger partial charge in [-0.3, -0.25) is 9.52 Å². The fourth-order valence-electron chi connectivity index (χ4n) is 4.73. The molecule has 1 amide bonds. The zero-order chi connectivity index (χ0) is 27.6. The molecule has 1 aliphatic heterocycles. The van der Waals surface area contributed by atoms with Gasteiger partial charge in [-0.1, -0.05) is 42.5 Å². The van der Waals surface area contributed by atoms with Crippen LogP contribution < -0.4 is 19.7 Å². The smallest absolute Gasteiger partial charge is 0.262 e. The van der Waals surface area contributed by atoms with Crippen LogP contribution >= 0.6 is 0 Å². The largest absolute Gasteiger partial charge is 0.490 e. The van der Waals surface area contributed by atoms with Crippen LogP contribution in [0.5, 0.6) is 5.75 Å². The molecule has 5 rings (SSSR count). The number of nitrogens with zero attached hydrogens (tertiary/aromatic N) is 2. The van der Waals surface area contributed by atoms with Crippen LogP contribution in [0.15, 0.2) is 83.8 Å². The van der Waals surface area contributed by atoms with Crippen molar-refractivity contribution in [1.82, 2.24) is 4.90 Å². The summed E-state index contributed by atoms with van der Waals surface area (Å²) in [6.07, 6.45) is 0. The predicted octanol–water partition coefficient (Wildman–Crippen LogP) is 4.96. The third-order valence-corrected chi connectivity index (χ3v) is 8.24. The minimum Gasteiger partial charge on any atom is -0.490 e. The van der Waals surface area contributed by atoms with E-state index in [1.807, 2.05) is 51.4 Å². The standard InChI is InChI=1S/C30H32N4O4S/c1-21-8-4-5-9-23(21)30(35)31-26-13-15-29(25-11-7-6-10-24(25)26)39(36,37)32-22-12-14-28-27(20-22)34(18-19-38-28)17-16-33(2)3/h4-15,20,32H,16-19H2,1-3H3,(H,31,35). The number of sulfonamides is 1. The molecule has 8 nitrogen and oxygen atoms in total. The van der Waals surface area contributed by atoms with Crippen LogP contribution in [-0.4, -0.2) is 59.6 Å². The molecule has 9 heteroatoms. The Bertz CT molecular complexity index is 1640. The maximum atomic E-state index is 13.6. The summed E-state index contributed by atoms with van der Waals surface area (Å²) in [7, 11) is 0.103. The third kappa shape index (κ3) is 5.69. The molecule has 0 saturated carbocycles. The van der Waals surface area contributed by atoms with E-state index in [4.69, 9.17) is 4.74 Å². The summed E-state index contributed by atoms with van der Waals surface area (Å²) in [5.41, 5.74) is 3.28. The van der Waals surface area contributed by atoms with Crippen molar-refractivity contribution in [3.63, 3.8) is 0 Å². The summed E-state index contributed by atoms with van der Waals surface area (Å²) in [4.78, 5) is 17.4. The lowest BCUT2D eigenvalue weighted by Crippen LogP contribution is -2.37. The first-order valence-corrected chi connectivity index (χ1v) is 14.3. The van der Waals surface area contributed by atoms with Gasteiger partial charge in [0.25, 0.3) is 15.9 Å². The Labute approximate surface area is 229 Å². The zero-order valence-electron chi connectivity index (χ0n) is 22.3. The minimum absolute atomic E-state index is 0.130. The first-order chi connectivity index (χ1) is 18.7. The number of carbonyl (C=O) groups excluding carboxylic acids is 1. The van der Waals surface area contributed by atoms with Crippen LogP contribution in [0.4, 0.5) is 17.1 Å². The van der Waals surface area contributed by atoms with E-state index in [0.29, 0.717) is 34.3 Å². The third-order valence-electron chi connectivity index (χ3n) is 6.80. The molecule has 1 aliphatic rings. The Hall–Kier alpha value is -4.08. The van der Waals surface area contributed by atoms with Crippen molar-refractivity contribution in [2.24, 2.45) is 0 Å². The molecular weight excluding hydrogens is 512 g/mol. The van der Waals surface area contributed by atoms with Gasteiger partial charge >= 0.3 is 0 Å². The van der Waals surface area contributed by atoms with Gasteiger partial charge in [0, 0.05) is 35.1 Å². The number of fused-ring (bicyclic) bond motifs is 2. The number of carbonyl (C=O) groups is 1. The van der Waals surface area contributed by atoms with Crippen LogP contribution in [0.1, 0.15) is 15.9 Å². The van der Waals surface area contributed by atoms with Crippen LogP contribution in [-0.2, 0) is 10.0 Å². The molecule has 4 aromatic carbocycles. The Morgan fingerprint density at radius 2 is 1.72 bits per heavy atom. The second kappa shape index (κ2) is 11.0. The minimum atomic E-state index is -3.94. The highest BCUT2D eigenvalue weighted by molar-refractivity contribution is 7.93. The number of benzene rings is 4. The van der Waals surface area contributed by atoms with Crippen LogP contribution in [0.2, 0.25) is 0 Å². The van der Waals surface area contributed by atoms with Gasteiger partial charge in [0.15, 0.2) is 0 Å². The quantitative estimate of drug-likeness (QED) is 0.326. The molecule has 0 aliphatic carbocycles. The number of hydrogen-bond acceptors (Lipinski definition) is 6. The first kappa shape index (κ1) is 26.5. The summed E-state index contributed by atoms with van der Waals surface area (Å²) in [5, 5.41) is 4.10. The SMILES string of the molecule is Cc1ccccc1C(=O)Nc1ccc(S(=O)(=O)Nc2ccc3c(c2)N(CCN(C)C)CCO3)c2ccccc12. The van der Waals surface area contributed by atoms with Crippen molar-refractivity contribution in [1.29, 1.82) is 0 Å². The number of hydrogen-bond donors (Lipinski definition) is 2. The monoisotopic (exact) mass is 544 g/mol. The number of likely N-dealkylation sites (N-methyl/N-ethyl adjacent to an activating group) is 1.